The summed E-state index contributed by atoms with van der Waals surface area (Å²) in [5, 5.41) is 2.16. The molecule has 1 aromatic rings. The van der Waals surface area contributed by atoms with E-state index in [1.807, 2.05) is 6.20 Å². The van der Waals surface area contributed by atoms with Gasteiger partial charge in [-0.2, -0.15) is 0 Å². The molecule has 0 amide bonds. The van der Waals surface area contributed by atoms with Gasteiger partial charge < -0.3 is 0 Å². The molecule has 102 valence electrons. The molecular weight excluding hydrogens is 250 g/mol. The van der Waals surface area contributed by atoms with Crippen molar-refractivity contribution in [3.63, 3.8) is 0 Å². The smallest absolute Gasteiger partial charge is 0.0992 e. The second kappa shape index (κ2) is 4.51. The summed E-state index contributed by atoms with van der Waals surface area (Å²) in [6, 6.07) is 2.28. The fourth-order valence-corrected chi connectivity index (χ4v) is 6.47. The van der Waals surface area contributed by atoms with E-state index in [0.717, 1.165) is 28.9 Å². The summed E-state index contributed by atoms with van der Waals surface area (Å²) < 4.78 is 0. The minimum Gasteiger partial charge on any atom is -0.249 e. The molecule has 4 aliphatic rings. The van der Waals surface area contributed by atoms with Gasteiger partial charge in [-0.1, -0.05) is 6.07 Å². The lowest BCUT2D eigenvalue weighted by Crippen LogP contribution is -2.46. The Bertz CT molecular complexity index is 468. The van der Waals surface area contributed by atoms with Crippen LogP contribution in [0.4, 0.5) is 0 Å². The zero-order chi connectivity index (χ0) is 13.0. The molecule has 1 heterocycles. The molecule has 0 saturated heterocycles. The summed E-state index contributed by atoms with van der Waals surface area (Å²) in [5.74, 6) is 4.13. The Hall–Kier alpha value is -0.500. The maximum absolute atomic E-state index is 4.69. The third-order valence-corrected chi connectivity index (χ3v) is 7.25. The van der Waals surface area contributed by atoms with Crippen molar-refractivity contribution >= 4 is 11.8 Å². The Labute approximate surface area is 120 Å². The van der Waals surface area contributed by atoms with Crippen molar-refractivity contribution in [3.05, 3.63) is 23.4 Å². The number of nitrogens with zero attached hydrogens (tertiary/aromatic N) is 1. The first-order valence-electron chi connectivity index (χ1n) is 7.79. The number of hydrogen-bond donors (Lipinski definition) is 0. The second-order valence-corrected chi connectivity index (χ2v) is 8.31. The fraction of sp³-hybridized carbons (Fsp3) is 0.706. The Balaban J connectivity index is 1.56. The molecule has 0 spiro atoms. The van der Waals surface area contributed by atoms with Gasteiger partial charge in [0.25, 0.3) is 0 Å². The van der Waals surface area contributed by atoms with Crippen molar-refractivity contribution in [3.8, 4) is 0 Å². The first kappa shape index (κ1) is 12.3. The minimum atomic E-state index is 0.863. The molecule has 4 saturated carbocycles. The molecule has 0 unspecified atom stereocenters. The number of pyridine rings is 1. The van der Waals surface area contributed by atoms with Gasteiger partial charge in [-0.25, -0.2) is 4.98 Å². The van der Waals surface area contributed by atoms with Gasteiger partial charge in [0.15, 0.2) is 0 Å². The summed E-state index contributed by atoms with van der Waals surface area (Å²) >= 11 is 2.10. The van der Waals surface area contributed by atoms with E-state index in [9.17, 15) is 0 Å². The lowest BCUT2D eigenvalue weighted by molar-refractivity contribution is 0.0267. The van der Waals surface area contributed by atoms with E-state index in [1.54, 1.807) is 6.42 Å². The second-order valence-electron chi connectivity index (χ2n) is 7.15. The van der Waals surface area contributed by atoms with E-state index in [4.69, 9.17) is 4.98 Å². The third-order valence-electron chi connectivity index (χ3n) is 5.55. The van der Waals surface area contributed by atoms with E-state index < -0.39 is 0 Å². The molecule has 5 rings (SSSR count). The SMILES string of the molecule is Cc1cnc(SC2C3CC4CC(C3)CC2C4)c(C)c1. The van der Waals surface area contributed by atoms with Crippen LogP contribution in [0.1, 0.15) is 43.2 Å². The molecule has 0 N–H and O–H groups in total. The summed E-state index contributed by atoms with van der Waals surface area (Å²) in [5.41, 5.74) is 2.66. The van der Waals surface area contributed by atoms with Gasteiger partial charge in [0, 0.05) is 11.4 Å². The van der Waals surface area contributed by atoms with Crippen LogP contribution in [0.25, 0.3) is 0 Å². The van der Waals surface area contributed by atoms with Crippen molar-refractivity contribution in [2.75, 3.05) is 0 Å². The van der Waals surface area contributed by atoms with Crippen molar-refractivity contribution in [2.45, 2.75) is 56.2 Å². The van der Waals surface area contributed by atoms with E-state index in [-0.39, 0.29) is 0 Å². The van der Waals surface area contributed by atoms with Crippen LogP contribution in [-0.2, 0) is 0 Å². The summed E-state index contributed by atoms with van der Waals surface area (Å²) in [6.45, 7) is 4.36. The third kappa shape index (κ3) is 2.12. The molecule has 4 aliphatic carbocycles. The predicted octanol–water partition coefficient (Wildman–Crippen LogP) is 4.62. The van der Waals surface area contributed by atoms with E-state index in [2.05, 4.69) is 31.7 Å². The first-order chi connectivity index (χ1) is 9.19. The Morgan fingerprint density at radius 1 is 1.00 bits per heavy atom. The lowest BCUT2D eigenvalue weighted by atomic mass is 9.56. The molecule has 4 fully saturated rings. The van der Waals surface area contributed by atoms with Crippen LogP contribution in [0, 0.1) is 37.5 Å². The molecular formula is C17H23NS. The Morgan fingerprint density at radius 3 is 2.21 bits per heavy atom. The van der Waals surface area contributed by atoms with Gasteiger partial charge in [-0.3, -0.25) is 0 Å². The summed E-state index contributed by atoms with van der Waals surface area (Å²) in [6.07, 6.45) is 9.62. The zero-order valence-corrected chi connectivity index (χ0v) is 12.7. The first-order valence-corrected chi connectivity index (χ1v) is 8.67. The van der Waals surface area contributed by atoms with Crippen LogP contribution in [-0.4, -0.2) is 10.2 Å². The van der Waals surface area contributed by atoms with Crippen LogP contribution in [0.5, 0.6) is 0 Å². The zero-order valence-electron chi connectivity index (χ0n) is 11.9. The van der Waals surface area contributed by atoms with Crippen LogP contribution >= 0.6 is 11.8 Å². The van der Waals surface area contributed by atoms with Crippen molar-refractivity contribution in [1.82, 2.24) is 4.98 Å². The van der Waals surface area contributed by atoms with Gasteiger partial charge in [0.2, 0.25) is 0 Å². The van der Waals surface area contributed by atoms with Crippen molar-refractivity contribution < 1.29 is 0 Å². The summed E-state index contributed by atoms with van der Waals surface area (Å²) in [7, 11) is 0. The highest BCUT2D eigenvalue weighted by atomic mass is 32.2. The van der Waals surface area contributed by atoms with E-state index in [0.29, 0.717) is 0 Å². The monoisotopic (exact) mass is 273 g/mol. The highest BCUT2D eigenvalue weighted by molar-refractivity contribution is 7.99. The standard InChI is InChI=1S/C17H23NS/c1-10-3-11(2)17(18-9-10)19-16-14-5-12-4-13(7-14)8-15(16)6-12/h3,9,12-16H,4-8H2,1-2H3. The van der Waals surface area contributed by atoms with Gasteiger partial charge in [-0.15, -0.1) is 11.8 Å². The highest BCUT2D eigenvalue weighted by Gasteiger charge is 2.48. The molecule has 19 heavy (non-hydrogen) atoms. The number of hydrogen-bond acceptors (Lipinski definition) is 2. The highest BCUT2D eigenvalue weighted by Crippen LogP contribution is 2.57. The van der Waals surface area contributed by atoms with Crippen LogP contribution in [0.2, 0.25) is 0 Å². The number of aryl methyl sites for hydroxylation is 2. The molecule has 4 bridgehead atoms. The van der Waals surface area contributed by atoms with Gasteiger partial charge >= 0.3 is 0 Å². The largest absolute Gasteiger partial charge is 0.249 e. The molecule has 1 aromatic heterocycles. The maximum Gasteiger partial charge on any atom is 0.0992 e. The van der Waals surface area contributed by atoms with Crippen LogP contribution in [0.15, 0.2) is 17.3 Å². The van der Waals surface area contributed by atoms with Gasteiger partial charge in [0.05, 0.1) is 5.03 Å². The average molecular weight is 273 g/mol. The number of thioether (sulfide) groups is 1. The maximum atomic E-state index is 4.69. The van der Waals surface area contributed by atoms with Crippen LogP contribution < -0.4 is 0 Å². The Morgan fingerprint density at radius 2 is 1.63 bits per heavy atom. The van der Waals surface area contributed by atoms with Crippen molar-refractivity contribution in [1.29, 1.82) is 0 Å². The Kier molecular flexibility index (Phi) is 2.91. The van der Waals surface area contributed by atoms with E-state index >= 15 is 0 Å². The quantitative estimate of drug-likeness (QED) is 0.780. The predicted molar refractivity (Wildman–Crippen MR) is 80.4 cm³/mol. The number of rotatable bonds is 2. The average Bonchev–Trinajstić information content (AvgIpc) is 2.35. The minimum absolute atomic E-state index is 0.863. The van der Waals surface area contributed by atoms with Crippen LogP contribution in [0.3, 0.4) is 0 Å². The molecule has 0 atom stereocenters. The topological polar surface area (TPSA) is 12.9 Å². The van der Waals surface area contributed by atoms with Crippen molar-refractivity contribution in [2.24, 2.45) is 23.7 Å². The van der Waals surface area contributed by atoms with E-state index in [1.165, 1.54) is 41.8 Å². The lowest BCUT2D eigenvalue weighted by Gasteiger charge is -2.54. The molecule has 0 radical (unpaired) electrons. The molecule has 0 aromatic carbocycles. The normalized spacial score (nSPS) is 39.8. The van der Waals surface area contributed by atoms with Gasteiger partial charge in [-0.05, 0) is 80.8 Å². The van der Waals surface area contributed by atoms with Gasteiger partial charge in [0.1, 0.15) is 0 Å². The molecule has 1 nitrogen and oxygen atoms in total. The summed E-state index contributed by atoms with van der Waals surface area (Å²) in [4.78, 5) is 4.69. The molecule has 2 heteroatoms. The fourth-order valence-electron chi connectivity index (χ4n) is 5.02. The molecule has 0 aliphatic heterocycles. The number of aromatic nitrogens is 1.